The smallest absolute Gasteiger partial charge is 0.326 e. The van der Waals surface area contributed by atoms with Gasteiger partial charge in [0, 0.05) is 23.2 Å². The molecule has 3 aromatic rings. The van der Waals surface area contributed by atoms with E-state index in [4.69, 9.17) is 0 Å². The van der Waals surface area contributed by atoms with Gasteiger partial charge in [0.2, 0.25) is 5.91 Å². The Labute approximate surface area is 189 Å². The number of carbonyl (C=O) groups is 1. The number of pyridine rings is 1. The molecule has 172 valence electrons. The highest BCUT2D eigenvalue weighted by Crippen LogP contribution is 2.58. The molecule has 5 rings (SSSR count). The minimum absolute atomic E-state index is 0.101. The molecular weight excluding hydrogens is 432 g/mol. The number of anilines is 1. The number of amides is 1. The molecule has 1 N–H and O–H groups in total. The lowest BCUT2D eigenvalue weighted by Gasteiger charge is -2.52. The third kappa shape index (κ3) is 4.09. The zero-order valence-corrected chi connectivity index (χ0v) is 18.0. The second-order valence-corrected chi connectivity index (χ2v) is 9.36. The van der Waals surface area contributed by atoms with Crippen molar-refractivity contribution in [2.24, 2.45) is 11.3 Å². The summed E-state index contributed by atoms with van der Waals surface area (Å²) in [5.74, 6) is -0.403. The number of aromatic nitrogens is 1. The molecule has 1 amide bonds. The second-order valence-electron chi connectivity index (χ2n) is 9.36. The summed E-state index contributed by atoms with van der Waals surface area (Å²) in [6, 6.07) is 11.4. The Morgan fingerprint density at radius 1 is 1.00 bits per heavy atom. The summed E-state index contributed by atoms with van der Waals surface area (Å²) in [6.07, 6.45) is 2.54. The van der Waals surface area contributed by atoms with Crippen LogP contribution in [0.25, 0.3) is 10.9 Å². The van der Waals surface area contributed by atoms with Gasteiger partial charge in [0.25, 0.3) is 0 Å². The van der Waals surface area contributed by atoms with Crippen LogP contribution in [0.15, 0.2) is 54.7 Å². The number of benzene rings is 2. The van der Waals surface area contributed by atoms with Crippen molar-refractivity contribution in [2.75, 3.05) is 5.32 Å². The van der Waals surface area contributed by atoms with Crippen LogP contribution in [0.2, 0.25) is 0 Å². The molecule has 0 aliphatic heterocycles. The van der Waals surface area contributed by atoms with Crippen molar-refractivity contribution in [1.29, 1.82) is 0 Å². The van der Waals surface area contributed by atoms with E-state index < -0.39 is 11.7 Å². The number of fused-ring (bicyclic) bond motifs is 1. The van der Waals surface area contributed by atoms with Crippen LogP contribution >= 0.6 is 0 Å². The van der Waals surface area contributed by atoms with Crippen LogP contribution in [0.5, 0.6) is 0 Å². The van der Waals surface area contributed by atoms with E-state index in [1.165, 1.54) is 24.3 Å². The fourth-order valence-corrected chi connectivity index (χ4v) is 5.71. The lowest BCUT2D eigenvalue weighted by molar-refractivity contribution is -0.138. The van der Waals surface area contributed by atoms with Gasteiger partial charge in [-0.2, -0.15) is 13.2 Å². The summed E-state index contributed by atoms with van der Waals surface area (Å²) in [5.41, 5.74) is 1.17. The van der Waals surface area contributed by atoms with Gasteiger partial charge in [-0.25, -0.2) is 4.39 Å². The summed E-state index contributed by atoms with van der Waals surface area (Å²) in [7, 11) is 0. The average Bonchev–Trinajstić information content (AvgIpc) is 2.77. The Morgan fingerprint density at radius 3 is 2.45 bits per heavy atom. The predicted molar refractivity (Wildman–Crippen MR) is 118 cm³/mol. The minimum Gasteiger partial charge on any atom is -0.326 e. The average molecular weight is 456 g/mol. The van der Waals surface area contributed by atoms with Gasteiger partial charge in [0.05, 0.1) is 11.1 Å². The van der Waals surface area contributed by atoms with Crippen LogP contribution in [0.4, 0.5) is 23.2 Å². The number of carbonyl (C=O) groups excluding carboxylic acids is 1. The number of halogens is 4. The van der Waals surface area contributed by atoms with Gasteiger partial charge in [-0.15, -0.1) is 0 Å². The number of rotatable bonds is 3. The Balaban J connectivity index is 1.28. The molecule has 0 saturated heterocycles. The largest absolute Gasteiger partial charge is 0.416 e. The number of nitrogens with one attached hydrogen (secondary N) is 1. The molecule has 7 heteroatoms. The maximum atomic E-state index is 13.8. The zero-order valence-electron chi connectivity index (χ0n) is 18.0. The van der Waals surface area contributed by atoms with Crippen LogP contribution in [-0.2, 0) is 11.0 Å². The van der Waals surface area contributed by atoms with Crippen molar-refractivity contribution in [3.63, 3.8) is 0 Å². The molecule has 0 bridgehead atoms. The number of nitrogens with zero attached hydrogens (tertiary/aromatic N) is 1. The van der Waals surface area contributed by atoms with E-state index in [-0.39, 0.29) is 34.7 Å². The molecule has 1 atom stereocenters. The normalized spacial score (nSPS) is 25.1. The first kappa shape index (κ1) is 21.9. The molecule has 1 heterocycles. The molecule has 2 aromatic carbocycles. The van der Waals surface area contributed by atoms with E-state index in [0.717, 1.165) is 67.1 Å². The molecule has 2 saturated carbocycles. The first-order chi connectivity index (χ1) is 15.7. The summed E-state index contributed by atoms with van der Waals surface area (Å²) in [5, 5.41) is 3.55. The Bertz CT molecular complexity index is 1200. The molecule has 1 aromatic heterocycles. The van der Waals surface area contributed by atoms with Crippen molar-refractivity contribution >= 4 is 22.5 Å². The van der Waals surface area contributed by atoms with Crippen molar-refractivity contribution in [1.82, 2.24) is 4.98 Å². The van der Waals surface area contributed by atoms with Gasteiger partial charge in [0.1, 0.15) is 5.82 Å². The van der Waals surface area contributed by atoms with Gasteiger partial charge < -0.3 is 5.32 Å². The van der Waals surface area contributed by atoms with E-state index in [2.05, 4.69) is 10.3 Å². The van der Waals surface area contributed by atoms with Crippen LogP contribution in [0, 0.1) is 17.2 Å². The lowest BCUT2D eigenvalue weighted by atomic mass is 9.52. The number of hydrogen-bond donors (Lipinski definition) is 1. The van der Waals surface area contributed by atoms with Crippen molar-refractivity contribution in [3.8, 4) is 0 Å². The minimum atomic E-state index is -4.45. The second kappa shape index (κ2) is 8.12. The number of alkyl halides is 3. The van der Waals surface area contributed by atoms with Crippen LogP contribution in [-0.4, -0.2) is 10.9 Å². The molecule has 0 unspecified atom stereocenters. The molecule has 1 spiro atoms. The van der Waals surface area contributed by atoms with E-state index >= 15 is 0 Å². The topological polar surface area (TPSA) is 42.0 Å². The third-order valence-electron chi connectivity index (χ3n) is 7.60. The Morgan fingerprint density at radius 2 is 1.76 bits per heavy atom. The number of hydrogen-bond acceptors (Lipinski definition) is 2. The highest BCUT2D eigenvalue weighted by molar-refractivity contribution is 5.93. The maximum absolute atomic E-state index is 13.8. The molecular formula is C26H24F4N2O. The first-order valence-corrected chi connectivity index (χ1v) is 11.3. The quantitative estimate of drug-likeness (QED) is 0.428. The highest BCUT2D eigenvalue weighted by Gasteiger charge is 2.51. The highest BCUT2D eigenvalue weighted by atomic mass is 19.4. The molecule has 33 heavy (non-hydrogen) atoms. The molecule has 2 fully saturated rings. The fraction of sp³-hybridized carbons (Fsp3) is 0.385. The van der Waals surface area contributed by atoms with E-state index in [0.29, 0.717) is 0 Å². The lowest BCUT2D eigenvalue weighted by Crippen LogP contribution is -2.48. The standard InChI is InChI=1S/C26H24F4N2O/c27-18-4-5-23-21(15-18)20(9-13-31-23)16-6-10-25(11-7-16)12-8-22(25)24(33)32-19-3-1-2-17(14-19)26(28,29)30/h1-5,9,13-16,22H,6-8,10-12H2,(H,32,33)/t16-,22-,25+/m1/s1. The fourth-order valence-electron chi connectivity index (χ4n) is 5.71. The molecule has 0 radical (unpaired) electrons. The molecule has 2 aliphatic carbocycles. The van der Waals surface area contributed by atoms with Gasteiger partial charge in [0.15, 0.2) is 0 Å². The van der Waals surface area contributed by atoms with Crippen molar-refractivity contribution < 1.29 is 22.4 Å². The Hall–Kier alpha value is -2.96. The molecule has 3 nitrogen and oxygen atoms in total. The van der Waals surface area contributed by atoms with E-state index in [1.807, 2.05) is 6.07 Å². The maximum Gasteiger partial charge on any atom is 0.416 e. The summed E-state index contributed by atoms with van der Waals surface area (Å²) in [6.45, 7) is 0. The van der Waals surface area contributed by atoms with Gasteiger partial charge in [-0.05, 0) is 97.9 Å². The van der Waals surface area contributed by atoms with E-state index in [1.54, 1.807) is 12.3 Å². The van der Waals surface area contributed by atoms with Crippen LogP contribution in [0.1, 0.15) is 55.6 Å². The van der Waals surface area contributed by atoms with Gasteiger partial charge in [-0.1, -0.05) is 6.07 Å². The van der Waals surface area contributed by atoms with Crippen LogP contribution in [0.3, 0.4) is 0 Å². The monoisotopic (exact) mass is 456 g/mol. The van der Waals surface area contributed by atoms with E-state index in [9.17, 15) is 22.4 Å². The zero-order chi connectivity index (χ0) is 23.2. The third-order valence-corrected chi connectivity index (χ3v) is 7.60. The van der Waals surface area contributed by atoms with Gasteiger partial charge >= 0.3 is 6.18 Å². The summed E-state index contributed by atoms with van der Waals surface area (Å²) in [4.78, 5) is 17.3. The Kier molecular flexibility index (Phi) is 5.38. The predicted octanol–water partition coefficient (Wildman–Crippen LogP) is 7.09. The van der Waals surface area contributed by atoms with Crippen LogP contribution < -0.4 is 5.32 Å². The first-order valence-electron chi connectivity index (χ1n) is 11.3. The van der Waals surface area contributed by atoms with Crippen molar-refractivity contribution in [3.05, 3.63) is 71.7 Å². The summed E-state index contributed by atoms with van der Waals surface area (Å²) >= 11 is 0. The van der Waals surface area contributed by atoms with Crippen molar-refractivity contribution in [2.45, 2.75) is 50.6 Å². The summed E-state index contributed by atoms with van der Waals surface area (Å²) < 4.78 is 52.8. The molecule has 2 aliphatic rings. The SMILES string of the molecule is O=C(Nc1cccc(C(F)(F)F)c1)[C@H]1CC[C@]12CC[C@H](c1ccnc3ccc(F)cc31)CC2. The van der Waals surface area contributed by atoms with Gasteiger partial charge in [-0.3, -0.25) is 9.78 Å².